The minimum Gasteiger partial charge on any atom is -0.298 e. The second kappa shape index (κ2) is 3.48. The van der Waals surface area contributed by atoms with E-state index in [0.29, 0.717) is 11.0 Å². The highest BCUT2D eigenvalue weighted by Gasteiger charge is 2.58. The zero-order chi connectivity index (χ0) is 12.2. The Morgan fingerprint density at radius 2 is 1.75 bits per heavy atom. The average Bonchev–Trinajstić information content (AvgIpc) is 2.54. The van der Waals surface area contributed by atoms with Gasteiger partial charge in [0.2, 0.25) is 0 Å². The van der Waals surface area contributed by atoms with Gasteiger partial charge in [0, 0.05) is 12.1 Å². The van der Waals surface area contributed by atoms with E-state index in [1.165, 1.54) is 32.4 Å². The maximum atomic E-state index is 2.69. The van der Waals surface area contributed by atoms with Crippen LogP contribution in [0.2, 0.25) is 0 Å². The molecule has 2 unspecified atom stereocenters. The smallest absolute Gasteiger partial charge is 0.0125 e. The first-order valence-electron chi connectivity index (χ1n) is 6.88. The monoisotopic (exact) mass is 223 g/mol. The summed E-state index contributed by atoms with van der Waals surface area (Å²) < 4.78 is 0. The Kier molecular flexibility index (Phi) is 2.70. The Morgan fingerprint density at radius 1 is 1.12 bits per heavy atom. The molecule has 16 heavy (non-hydrogen) atoms. The maximum absolute atomic E-state index is 2.69. The largest absolute Gasteiger partial charge is 0.298 e. The molecule has 0 bridgehead atoms. The number of hydrogen-bond acceptors (Lipinski definition) is 1. The van der Waals surface area contributed by atoms with Crippen molar-refractivity contribution in [1.29, 1.82) is 0 Å². The molecule has 0 aromatic rings. The van der Waals surface area contributed by atoms with Gasteiger partial charge in [-0.15, -0.1) is 0 Å². The molecule has 1 aliphatic carbocycles. The second-order valence-corrected chi connectivity index (χ2v) is 8.37. The van der Waals surface area contributed by atoms with E-state index >= 15 is 0 Å². The van der Waals surface area contributed by atoms with E-state index < -0.39 is 0 Å². The Bertz CT molecular complexity index is 268. The molecule has 2 atom stereocenters. The predicted molar refractivity (Wildman–Crippen MR) is 70.6 cm³/mol. The molecule has 1 spiro atoms. The molecule has 2 aliphatic rings. The highest BCUT2D eigenvalue weighted by molar-refractivity contribution is 5.09. The molecule has 0 aromatic carbocycles. The van der Waals surface area contributed by atoms with Gasteiger partial charge in [0.15, 0.2) is 0 Å². The third-order valence-corrected chi connectivity index (χ3v) is 4.55. The first-order valence-corrected chi connectivity index (χ1v) is 6.88. The molecule has 1 heteroatoms. The highest BCUT2D eigenvalue weighted by atomic mass is 15.2. The van der Waals surface area contributed by atoms with E-state index in [9.17, 15) is 0 Å². The molecule has 94 valence electrons. The van der Waals surface area contributed by atoms with Crippen LogP contribution in [0.15, 0.2) is 0 Å². The average molecular weight is 223 g/mol. The predicted octanol–water partition coefficient (Wildman–Crippen LogP) is 3.93. The molecule has 0 N–H and O–H groups in total. The van der Waals surface area contributed by atoms with Crippen molar-refractivity contribution >= 4 is 0 Å². The summed E-state index contributed by atoms with van der Waals surface area (Å²) in [6.45, 7) is 16.9. The zero-order valence-corrected chi connectivity index (χ0v) is 12.1. The second-order valence-electron chi connectivity index (χ2n) is 8.37. The Hall–Kier alpha value is -0.0400. The standard InChI is InChI=1S/C15H29N/c1-13(2,3)9-12-10-15(12)7-8-16(11-15)14(4,5)6/h12H,7-11H2,1-6H3. The van der Waals surface area contributed by atoms with Crippen molar-refractivity contribution in [1.82, 2.24) is 4.90 Å². The lowest BCUT2D eigenvalue weighted by atomic mass is 9.86. The Labute approximate surface area is 102 Å². The third-order valence-electron chi connectivity index (χ3n) is 4.55. The summed E-state index contributed by atoms with van der Waals surface area (Å²) in [5, 5.41) is 0. The van der Waals surface area contributed by atoms with Crippen molar-refractivity contribution < 1.29 is 0 Å². The van der Waals surface area contributed by atoms with Gasteiger partial charge in [-0.2, -0.15) is 0 Å². The van der Waals surface area contributed by atoms with Gasteiger partial charge in [-0.05, 0) is 63.3 Å². The number of likely N-dealkylation sites (tertiary alicyclic amines) is 1. The van der Waals surface area contributed by atoms with Crippen LogP contribution in [0.5, 0.6) is 0 Å². The molecule has 2 rings (SSSR count). The van der Waals surface area contributed by atoms with Gasteiger partial charge >= 0.3 is 0 Å². The molecule has 1 saturated heterocycles. The molecule has 0 amide bonds. The van der Waals surface area contributed by atoms with Crippen LogP contribution in [-0.2, 0) is 0 Å². The van der Waals surface area contributed by atoms with Gasteiger partial charge in [-0.25, -0.2) is 0 Å². The van der Waals surface area contributed by atoms with Crippen molar-refractivity contribution in [2.75, 3.05) is 13.1 Å². The summed E-state index contributed by atoms with van der Waals surface area (Å²) >= 11 is 0. The summed E-state index contributed by atoms with van der Waals surface area (Å²) in [5.41, 5.74) is 1.61. The molecule has 1 saturated carbocycles. The summed E-state index contributed by atoms with van der Waals surface area (Å²) in [6.07, 6.45) is 4.37. The molecular formula is C15H29N. The summed E-state index contributed by atoms with van der Waals surface area (Å²) in [4.78, 5) is 2.69. The van der Waals surface area contributed by atoms with Crippen molar-refractivity contribution in [2.45, 2.75) is 66.3 Å². The lowest BCUT2D eigenvalue weighted by Gasteiger charge is -2.32. The molecule has 0 radical (unpaired) electrons. The normalized spacial score (nSPS) is 36.0. The quantitative estimate of drug-likeness (QED) is 0.651. The lowest BCUT2D eigenvalue weighted by Crippen LogP contribution is -2.39. The number of hydrogen-bond donors (Lipinski definition) is 0. The van der Waals surface area contributed by atoms with Gasteiger partial charge in [0.25, 0.3) is 0 Å². The molecule has 1 aliphatic heterocycles. The van der Waals surface area contributed by atoms with E-state index in [-0.39, 0.29) is 0 Å². The molecule has 2 fully saturated rings. The van der Waals surface area contributed by atoms with Crippen LogP contribution < -0.4 is 0 Å². The minimum atomic E-state index is 0.373. The fourth-order valence-electron chi connectivity index (χ4n) is 3.43. The van der Waals surface area contributed by atoms with E-state index in [1.807, 2.05) is 0 Å². The fraction of sp³-hybridized carbons (Fsp3) is 1.00. The fourth-order valence-corrected chi connectivity index (χ4v) is 3.43. The Balaban J connectivity index is 1.91. The SMILES string of the molecule is CC(C)(C)CC1CC12CCN(C(C)(C)C)C2. The topological polar surface area (TPSA) is 3.24 Å². The first-order chi connectivity index (χ1) is 7.12. The Morgan fingerprint density at radius 3 is 2.19 bits per heavy atom. The van der Waals surface area contributed by atoms with Crippen molar-refractivity contribution in [2.24, 2.45) is 16.7 Å². The molecule has 1 heterocycles. The number of rotatable bonds is 1. The third kappa shape index (κ3) is 2.45. The molecular weight excluding hydrogens is 194 g/mol. The van der Waals surface area contributed by atoms with Crippen LogP contribution in [0.3, 0.4) is 0 Å². The van der Waals surface area contributed by atoms with Crippen molar-refractivity contribution in [3.8, 4) is 0 Å². The molecule has 1 nitrogen and oxygen atoms in total. The van der Waals surface area contributed by atoms with Crippen LogP contribution in [0.1, 0.15) is 60.8 Å². The first kappa shape index (κ1) is 12.4. The van der Waals surface area contributed by atoms with Crippen molar-refractivity contribution in [3.63, 3.8) is 0 Å². The van der Waals surface area contributed by atoms with Gasteiger partial charge in [0.05, 0.1) is 0 Å². The minimum absolute atomic E-state index is 0.373. The van der Waals surface area contributed by atoms with Crippen LogP contribution in [0.25, 0.3) is 0 Å². The van der Waals surface area contributed by atoms with Gasteiger partial charge < -0.3 is 0 Å². The van der Waals surface area contributed by atoms with Crippen LogP contribution >= 0.6 is 0 Å². The summed E-state index contributed by atoms with van der Waals surface area (Å²) in [6, 6.07) is 0. The van der Waals surface area contributed by atoms with Gasteiger partial charge in [0.1, 0.15) is 0 Å². The highest BCUT2D eigenvalue weighted by Crippen LogP contribution is 2.62. The zero-order valence-electron chi connectivity index (χ0n) is 12.1. The van der Waals surface area contributed by atoms with Crippen LogP contribution in [0.4, 0.5) is 0 Å². The van der Waals surface area contributed by atoms with E-state index in [0.717, 1.165) is 11.3 Å². The van der Waals surface area contributed by atoms with Crippen LogP contribution in [0, 0.1) is 16.7 Å². The summed E-state index contributed by atoms with van der Waals surface area (Å²) in [7, 11) is 0. The van der Waals surface area contributed by atoms with Gasteiger partial charge in [-0.1, -0.05) is 20.8 Å². The van der Waals surface area contributed by atoms with E-state index in [1.54, 1.807) is 0 Å². The number of nitrogens with zero attached hydrogens (tertiary/aromatic N) is 1. The maximum Gasteiger partial charge on any atom is 0.0125 e. The van der Waals surface area contributed by atoms with Gasteiger partial charge in [-0.3, -0.25) is 4.90 Å². The van der Waals surface area contributed by atoms with E-state index in [2.05, 4.69) is 46.4 Å². The van der Waals surface area contributed by atoms with E-state index in [4.69, 9.17) is 0 Å². The summed E-state index contributed by atoms with van der Waals surface area (Å²) in [5.74, 6) is 1.01. The molecule has 0 aromatic heterocycles. The lowest BCUT2D eigenvalue weighted by molar-refractivity contribution is 0.162. The van der Waals surface area contributed by atoms with Crippen molar-refractivity contribution in [3.05, 3.63) is 0 Å². The van der Waals surface area contributed by atoms with Crippen LogP contribution in [-0.4, -0.2) is 23.5 Å².